The SMILES string of the molecule is NCC(O)Cc1cccc2c1CCCC2. The molecule has 0 spiro atoms. The lowest BCUT2D eigenvalue weighted by Gasteiger charge is -2.20. The molecule has 0 bridgehead atoms. The lowest BCUT2D eigenvalue weighted by Crippen LogP contribution is -2.23. The first kappa shape index (κ1) is 10.7. The van der Waals surface area contributed by atoms with Gasteiger partial charge in [-0.15, -0.1) is 0 Å². The molecular weight excluding hydrogens is 186 g/mol. The summed E-state index contributed by atoms with van der Waals surface area (Å²) < 4.78 is 0. The van der Waals surface area contributed by atoms with Crippen LogP contribution in [0.4, 0.5) is 0 Å². The first-order chi connectivity index (χ1) is 7.31. The number of aliphatic hydroxyl groups excluding tert-OH is 1. The van der Waals surface area contributed by atoms with Gasteiger partial charge >= 0.3 is 0 Å². The van der Waals surface area contributed by atoms with Crippen LogP contribution in [0.5, 0.6) is 0 Å². The highest BCUT2D eigenvalue weighted by molar-refractivity contribution is 5.37. The fourth-order valence-electron chi connectivity index (χ4n) is 2.39. The Morgan fingerprint density at radius 1 is 1.27 bits per heavy atom. The molecule has 15 heavy (non-hydrogen) atoms. The van der Waals surface area contributed by atoms with Crippen molar-refractivity contribution < 1.29 is 5.11 Å². The molecule has 0 heterocycles. The first-order valence-electron chi connectivity index (χ1n) is 5.79. The molecule has 1 aliphatic rings. The fourth-order valence-corrected chi connectivity index (χ4v) is 2.39. The van der Waals surface area contributed by atoms with E-state index < -0.39 is 6.10 Å². The van der Waals surface area contributed by atoms with E-state index in [1.807, 2.05) is 0 Å². The van der Waals surface area contributed by atoms with Gasteiger partial charge in [0.2, 0.25) is 0 Å². The van der Waals surface area contributed by atoms with Crippen molar-refractivity contribution in [2.24, 2.45) is 5.73 Å². The number of aryl methyl sites for hydroxylation is 1. The smallest absolute Gasteiger partial charge is 0.0702 e. The molecule has 1 atom stereocenters. The second-order valence-electron chi connectivity index (χ2n) is 4.36. The molecule has 1 aromatic carbocycles. The predicted molar refractivity (Wildman–Crippen MR) is 61.8 cm³/mol. The van der Waals surface area contributed by atoms with E-state index in [0.717, 1.165) is 0 Å². The zero-order valence-corrected chi connectivity index (χ0v) is 9.08. The monoisotopic (exact) mass is 205 g/mol. The Bertz CT molecular complexity index is 335. The van der Waals surface area contributed by atoms with Gasteiger partial charge in [0.15, 0.2) is 0 Å². The normalized spacial score (nSPS) is 17.2. The van der Waals surface area contributed by atoms with Gasteiger partial charge in [-0.1, -0.05) is 18.2 Å². The topological polar surface area (TPSA) is 46.2 Å². The van der Waals surface area contributed by atoms with Gasteiger partial charge in [-0.25, -0.2) is 0 Å². The minimum absolute atomic E-state index is 0.351. The summed E-state index contributed by atoms with van der Waals surface area (Å²) >= 11 is 0. The van der Waals surface area contributed by atoms with Crippen molar-refractivity contribution >= 4 is 0 Å². The van der Waals surface area contributed by atoms with Crippen LogP contribution in [-0.2, 0) is 19.3 Å². The Balaban J connectivity index is 2.23. The second kappa shape index (κ2) is 4.77. The lowest BCUT2D eigenvalue weighted by molar-refractivity contribution is 0.183. The van der Waals surface area contributed by atoms with Gasteiger partial charge in [0.05, 0.1) is 6.10 Å². The van der Waals surface area contributed by atoms with E-state index in [1.165, 1.54) is 42.4 Å². The molecular formula is C13H19NO. The Kier molecular flexibility index (Phi) is 3.39. The summed E-state index contributed by atoms with van der Waals surface area (Å²) in [7, 11) is 0. The molecule has 2 nitrogen and oxygen atoms in total. The van der Waals surface area contributed by atoms with E-state index in [9.17, 15) is 5.11 Å². The standard InChI is InChI=1S/C13H19NO/c14-9-12(15)8-11-6-3-5-10-4-1-2-7-13(10)11/h3,5-6,12,15H,1-2,4,7-9,14H2. The third kappa shape index (κ3) is 2.39. The molecule has 1 unspecified atom stereocenters. The van der Waals surface area contributed by atoms with Crippen LogP contribution < -0.4 is 5.73 Å². The number of nitrogens with two attached hydrogens (primary N) is 1. The number of fused-ring (bicyclic) bond motifs is 1. The Morgan fingerprint density at radius 3 is 2.87 bits per heavy atom. The van der Waals surface area contributed by atoms with Crippen LogP contribution in [0, 0.1) is 0 Å². The summed E-state index contributed by atoms with van der Waals surface area (Å²) in [5.74, 6) is 0. The van der Waals surface area contributed by atoms with Crippen LogP contribution in [0.1, 0.15) is 29.5 Å². The lowest BCUT2D eigenvalue weighted by atomic mass is 9.86. The van der Waals surface area contributed by atoms with E-state index >= 15 is 0 Å². The molecule has 0 fully saturated rings. The van der Waals surface area contributed by atoms with Gasteiger partial charge < -0.3 is 10.8 Å². The summed E-state index contributed by atoms with van der Waals surface area (Å²) in [6.45, 7) is 0.351. The van der Waals surface area contributed by atoms with Crippen molar-refractivity contribution in [2.75, 3.05) is 6.54 Å². The third-order valence-corrected chi connectivity index (χ3v) is 3.22. The maximum absolute atomic E-state index is 9.59. The van der Waals surface area contributed by atoms with E-state index in [0.29, 0.717) is 13.0 Å². The number of aliphatic hydroxyl groups is 1. The minimum Gasteiger partial charge on any atom is -0.391 e. The molecule has 1 aliphatic carbocycles. The van der Waals surface area contributed by atoms with Crippen molar-refractivity contribution in [3.8, 4) is 0 Å². The van der Waals surface area contributed by atoms with E-state index in [-0.39, 0.29) is 0 Å². The average Bonchev–Trinajstić information content (AvgIpc) is 2.29. The van der Waals surface area contributed by atoms with Crippen LogP contribution >= 0.6 is 0 Å². The van der Waals surface area contributed by atoms with E-state index in [2.05, 4.69) is 18.2 Å². The van der Waals surface area contributed by atoms with Crippen molar-refractivity contribution in [3.05, 3.63) is 34.9 Å². The Labute approximate surface area is 91.1 Å². The molecule has 0 saturated carbocycles. The highest BCUT2D eigenvalue weighted by atomic mass is 16.3. The zero-order valence-electron chi connectivity index (χ0n) is 9.08. The number of rotatable bonds is 3. The van der Waals surface area contributed by atoms with Gasteiger partial charge in [0.25, 0.3) is 0 Å². The van der Waals surface area contributed by atoms with E-state index in [4.69, 9.17) is 5.73 Å². The molecule has 3 N–H and O–H groups in total. The molecule has 0 radical (unpaired) electrons. The maximum atomic E-state index is 9.59. The minimum atomic E-state index is -0.390. The van der Waals surface area contributed by atoms with Crippen LogP contribution in [0.3, 0.4) is 0 Å². The van der Waals surface area contributed by atoms with Crippen LogP contribution in [0.2, 0.25) is 0 Å². The van der Waals surface area contributed by atoms with Crippen LogP contribution in [0.15, 0.2) is 18.2 Å². The second-order valence-corrected chi connectivity index (χ2v) is 4.36. The molecule has 0 saturated heterocycles. The quantitative estimate of drug-likeness (QED) is 0.784. The average molecular weight is 205 g/mol. The van der Waals surface area contributed by atoms with Crippen molar-refractivity contribution in [3.63, 3.8) is 0 Å². The van der Waals surface area contributed by atoms with Gasteiger partial charge in [-0.05, 0) is 48.8 Å². The molecule has 82 valence electrons. The van der Waals surface area contributed by atoms with Crippen molar-refractivity contribution in [1.29, 1.82) is 0 Å². The third-order valence-electron chi connectivity index (χ3n) is 3.22. The summed E-state index contributed by atoms with van der Waals surface area (Å²) in [6, 6.07) is 6.44. The van der Waals surface area contributed by atoms with Gasteiger partial charge in [-0.2, -0.15) is 0 Å². The zero-order chi connectivity index (χ0) is 10.7. The first-order valence-corrected chi connectivity index (χ1v) is 5.79. The summed E-state index contributed by atoms with van der Waals surface area (Å²) in [4.78, 5) is 0. The van der Waals surface area contributed by atoms with Gasteiger partial charge in [0.1, 0.15) is 0 Å². The van der Waals surface area contributed by atoms with Crippen molar-refractivity contribution in [1.82, 2.24) is 0 Å². The molecule has 0 amide bonds. The number of benzene rings is 1. The predicted octanol–water partition coefficient (Wildman–Crippen LogP) is 1.43. The summed E-state index contributed by atoms with van der Waals surface area (Å²) in [6.07, 6.45) is 5.27. The Hall–Kier alpha value is -0.860. The van der Waals surface area contributed by atoms with Crippen molar-refractivity contribution in [2.45, 2.75) is 38.2 Å². The molecule has 0 aromatic heterocycles. The molecule has 0 aliphatic heterocycles. The number of hydrogen-bond acceptors (Lipinski definition) is 2. The van der Waals surface area contributed by atoms with E-state index in [1.54, 1.807) is 0 Å². The van der Waals surface area contributed by atoms with Gasteiger partial charge in [-0.3, -0.25) is 0 Å². The summed E-state index contributed by atoms with van der Waals surface area (Å²) in [5, 5.41) is 9.59. The molecule has 2 rings (SSSR count). The Morgan fingerprint density at radius 2 is 2.07 bits per heavy atom. The maximum Gasteiger partial charge on any atom is 0.0702 e. The molecule has 1 aromatic rings. The van der Waals surface area contributed by atoms with Crippen LogP contribution in [-0.4, -0.2) is 17.8 Å². The highest BCUT2D eigenvalue weighted by Crippen LogP contribution is 2.25. The highest BCUT2D eigenvalue weighted by Gasteiger charge is 2.14. The van der Waals surface area contributed by atoms with Gasteiger partial charge in [0, 0.05) is 6.54 Å². The fraction of sp³-hybridized carbons (Fsp3) is 0.538. The largest absolute Gasteiger partial charge is 0.391 e. The van der Waals surface area contributed by atoms with Crippen LogP contribution in [0.25, 0.3) is 0 Å². The summed E-state index contributed by atoms with van der Waals surface area (Å²) in [5.41, 5.74) is 9.69. The number of hydrogen-bond donors (Lipinski definition) is 2. The molecule has 2 heteroatoms.